The summed E-state index contributed by atoms with van der Waals surface area (Å²) >= 11 is 0. The van der Waals surface area contributed by atoms with Gasteiger partial charge >= 0.3 is 11.9 Å². The number of hydrogen-bond donors (Lipinski definition) is 0. The van der Waals surface area contributed by atoms with Gasteiger partial charge in [0.25, 0.3) is 0 Å². The van der Waals surface area contributed by atoms with Gasteiger partial charge < -0.3 is 28.6 Å². The maximum Gasteiger partial charge on any atom is 0.306 e. The number of ether oxygens (including phenoxy) is 3. The zero-order chi connectivity index (χ0) is 40.0. The van der Waals surface area contributed by atoms with Crippen molar-refractivity contribution >= 4 is 17.9 Å². The highest BCUT2D eigenvalue weighted by Crippen LogP contribution is 2.11. The average molecular weight is 752 g/mol. The zero-order valence-corrected chi connectivity index (χ0v) is 34.3. The number of hydrogen-bond acceptors (Lipinski definition) is 7. The van der Waals surface area contributed by atoms with Crippen molar-refractivity contribution < 1.29 is 38.2 Å². The van der Waals surface area contributed by atoms with E-state index in [-0.39, 0.29) is 49.5 Å². The molecule has 0 fully saturated rings. The van der Waals surface area contributed by atoms with E-state index < -0.39 is 24.1 Å². The molecule has 0 aliphatic rings. The second kappa shape index (κ2) is 36.2. The fraction of sp³-hybridized carbons (Fsp3) is 0.587. The molecule has 0 bridgehead atoms. The van der Waals surface area contributed by atoms with Crippen LogP contribution in [-0.2, 0) is 28.6 Å². The number of rotatable bonds is 34. The Labute approximate surface area is 328 Å². The van der Waals surface area contributed by atoms with Gasteiger partial charge in [-0.2, -0.15) is 0 Å². The summed E-state index contributed by atoms with van der Waals surface area (Å²) in [4.78, 5) is 36.7. The summed E-state index contributed by atoms with van der Waals surface area (Å²) in [6.07, 6.45) is 47.3. The van der Waals surface area contributed by atoms with E-state index in [0.717, 1.165) is 38.5 Å². The van der Waals surface area contributed by atoms with E-state index >= 15 is 0 Å². The van der Waals surface area contributed by atoms with Crippen molar-refractivity contribution in [1.29, 1.82) is 0 Å². The van der Waals surface area contributed by atoms with Crippen LogP contribution in [0.1, 0.15) is 123 Å². The van der Waals surface area contributed by atoms with Crippen LogP contribution in [0.2, 0.25) is 0 Å². The van der Waals surface area contributed by atoms with E-state index in [1.807, 2.05) is 72.9 Å². The van der Waals surface area contributed by atoms with Crippen LogP contribution in [0.4, 0.5) is 0 Å². The molecule has 2 atom stereocenters. The summed E-state index contributed by atoms with van der Waals surface area (Å²) in [7, 11) is 5.35. The minimum absolute atomic E-state index is 0.00325. The molecule has 0 amide bonds. The number of carboxylic acid groups (broad SMARTS) is 1. The molecule has 0 aliphatic heterocycles. The third-order valence-corrected chi connectivity index (χ3v) is 8.38. The van der Waals surface area contributed by atoms with E-state index in [1.165, 1.54) is 38.5 Å². The van der Waals surface area contributed by atoms with Gasteiger partial charge in [0.1, 0.15) is 12.6 Å². The normalized spacial score (nSPS) is 14.0. The SMILES string of the molecule is CC/C=C/C=C/C=C/C=C/C=C/C=C/CCCCCC(=O)OCC(COCCC(C(=O)[O-])[N+](C)(C)C)OC(=O)CC/C=C/C/C=C/CCCCCCCC. The lowest BCUT2D eigenvalue weighted by Crippen LogP contribution is -2.55. The molecule has 0 saturated carbocycles. The van der Waals surface area contributed by atoms with E-state index in [2.05, 4.69) is 38.2 Å². The van der Waals surface area contributed by atoms with E-state index in [4.69, 9.17) is 14.2 Å². The van der Waals surface area contributed by atoms with Gasteiger partial charge in [0.15, 0.2) is 6.10 Å². The monoisotopic (exact) mass is 752 g/mol. The fourth-order valence-corrected chi connectivity index (χ4v) is 5.21. The largest absolute Gasteiger partial charge is 0.544 e. The van der Waals surface area contributed by atoms with Gasteiger partial charge in [-0.25, -0.2) is 0 Å². The van der Waals surface area contributed by atoms with Crippen LogP contribution in [0.15, 0.2) is 97.2 Å². The molecular weight excluding hydrogens is 679 g/mol. The number of likely N-dealkylation sites (N-methyl/N-ethyl adjacent to an activating group) is 1. The second-order valence-corrected chi connectivity index (χ2v) is 14.3. The molecule has 2 unspecified atom stereocenters. The lowest BCUT2D eigenvalue weighted by molar-refractivity contribution is -0.889. The third kappa shape index (κ3) is 34.0. The summed E-state index contributed by atoms with van der Waals surface area (Å²) in [5.41, 5.74) is 0. The highest BCUT2D eigenvalue weighted by atomic mass is 16.6. The Morgan fingerprint density at radius 3 is 1.76 bits per heavy atom. The molecule has 0 aromatic heterocycles. The van der Waals surface area contributed by atoms with Crippen LogP contribution in [0.3, 0.4) is 0 Å². The molecule has 0 heterocycles. The number of carboxylic acids is 1. The van der Waals surface area contributed by atoms with Gasteiger partial charge in [-0.15, -0.1) is 0 Å². The molecule has 0 rings (SSSR count). The second-order valence-electron chi connectivity index (χ2n) is 14.3. The first kappa shape index (κ1) is 50.2. The number of esters is 2. The number of allylic oxidation sites excluding steroid dienone is 16. The average Bonchev–Trinajstić information content (AvgIpc) is 3.12. The molecule has 304 valence electrons. The summed E-state index contributed by atoms with van der Waals surface area (Å²) in [6.45, 7) is 4.36. The lowest BCUT2D eigenvalue weighted by Gasteiger charge is -2.34. The van der Waals surface area contributed by atoms with Crippen molar-refractivity contribution in [2.75, 3.05) is 41.0 Å². The van der Waals surface area contributed by atoms with Gasteiger partial charge in [-0.3, -0.25) is 9.59 Å². The van der Waals surface area contributed by atoms with Crippen molar-refractivity contribution in [2.24, 2.45) is 0 Å². The maximum atomic E-state index is 12.6. The zero-order valence-electron chi connectivity index (χ0n) is 34.3. The Morgan fingerprint density at radius 2 is 1.15 bits per heavy atom. The van der Waals surface area contributed by atoms with E-state index in [9.17, 15) is 19.5 Å². The molecular formula is C46H73NO7. The van der Waals surface area contributed by atoms with Gasteiger partial charge in [-0.1, -0.05) is 150 Å². The topological polar surface area (TPSA) is 102 Å². The number of nitrogens with zero attached hydrogens (tertiary/aromatic N) is 1. The van der Waals surface area contributed by atoms with Gasteiger partial charge in [0.2, 0.25) is 0 Å². The number of quaternary nitrogens is 1. The molecule has 0 aromatic rings. The predicted octanol–water partition coefficient (Wildman–Crippen LogP) is 9.40. The lowest BCUT2D eigenvalue weighted by atomic mass is 10.1. The smallest absolute Gasteiger partial charge is 0.306 e. The van der Waals surface area contributed by atoms with E-state index in [1.54, 1.807) is 21.1 Å². The minimum Gasteiger partial charge on any atom is -0.544 e. The Balaban J connectivity index is 4.59. The summed E-state index contributed by atoms with van der Waals surface area (Å²) in [5, 5.41) is 11.6. The standard InChI is InChI=1S/C46H73NO7/c1-6-8-10-12-14-16-18-20-21-22-23-25-26-28-30-32-34-36-44(48)53-41-42(40-52-39-38-43(46(50)51)47(3,4)5)54-45(49)37-35-33-31-29-27-24-19-17-15-13-11-9-7-2/h8,10,12,14,16,18,20-27,31,33,42-43H,6-7,9,11,13,15,17,19,28-30,32,34-41H2,1-5H3/b10-8+,14-12+,18-16+,21-20+,23-22+,26-25+,27-24+,33-31+. The Morgan fingerprint density at radius 1 is 0.593 bits per heavy atom. The van der Waals surface area contributed by atoms with Crippen molar-refractivity contribution in [2.45, 2.75) is 135 Å². The number of carbonyl (C=O) groups excluding carboxylic acids is 3. The van der Waals surface area contributed by atoms with Crippen LogP contribution in [0.25, 0.3) is 0 Å². The summed E-state index contributed by atoms with van der Waals surface area (Å²) in [5.74, 6) is -1.90. The van der Waals surface area contributed by atoms with Crippen LogP contribution in [0.5, 0.6) is 0 Å². The highest BCUT2D eigenvalue weighted by Gasteiger charge is 2.25. The van der Waals surface area contributed by atoms with Crippen molar-refractivity contribution in [3.63, 3.8) is 0 Å². The van der Waals surface area contributed by atoms with Gasteiger partial charge in [0.05, 0.1) is 40.3 Å². The molecule has 0 saturated heterocycles. The molecule has 0 spiro atoms. The number of unbranched alkanes of at least 4 members (excludes halogenated alkanes) is 9. The van der Waals surface area contributed by atoms with Crippen molar-refractivity contribution in [3.8, 4) is 0 Å². The molecule has 0 N–H and O–H groups in total. The molecule has 8 heteroatoms. The first-order valence-corrected chi connectivity index (χ1v) is 20.3. The number of carbonyl (C=O) groups is 3. The highest BCUT2D eigenvalue weighted by molar-refractivity contribution is 5.70. The van der Waals surface area contributed by atoms with Gasteiger partial charge in [-0.05, 0) is 51.4 Å². The Hall–Kier alpha value is -3.75. The van der Waals surface area contributed by atoms with Crippen molar-refractivity contribution in [3.05, 3.63) is 97.2 Å². The molecule has 0 radical (unpaired) electrons. The molecule has 0 aliphatic carbocycles. The van der Waals surface area contributed by atoms with E-state index in [0.29, 0.717) is 12.8 Å². The van der Waals surface area contributed by atoms with Crippen LogP contribution < -0.4 is 5.11 Å². The summed E-state index contributed by atoms with van der Waals surface area (Å²) in [6, 6.07) is -0.747. The van der Waals surface area contributed by atoms with Crippen LogP contribution in [0, 0.1) is 0 Å². The maximum absolute atomic E-state index is 12.6. The Bertz CT molecular complexity index is 1200. The molecule has 8 nitrogen and oxygen atoms in total. The minimum atomic E-state index is -1.14. The third-order valence-electron chi connectivity index (χ3n) is 8.38. The first-order chi connectivity index (χ1) is 26.1. The predicted molar refractivity (Wildman–Crippen MR) is 221 cm³/mol. The van der Waals surface area contributed by atoms with Crippen molar-refractivity contribution in [1.82, 2.24) is 0 Å². The number of aliphatic carboxylic acids is 1. The molecule has 0 aromatic carbocycles. The van der Waals surface area contributed by atoms with Crippen LogP contribution in [-0.4, -0.2) is 75.5 Å². The fourth-order valence-electron chi connectivity index (χ4n) is 5.21. The van der Waals surface area contributed by atoms with Gasteiger partial charge in [0, 0.05) is 19.3 Å². The molecule has 54 heavy (non-hydrogen) atoms. The van der Waals surface area contributed by atoms with Crippen LogP contribution >= 0.6 is 0 Å². The summed E-state index contributed by atoms with van der Waals surface area (Å²) < 4.78 is 17.0. The quantitative estimate of drug-likeness (QED) is 0.0212. The first-order valence-electron chi connectivity index (χ1n) is 20.3. The Kier molecular flexibility index (Phi) is 33.7.